The van der Waals surface area contributed by atoms with E-state index in [2.05, 4.69) is 22.2 Å². The van der Waals surface area contributed by atoms with Crippen LogP contribution in [0.1, 0.15) is 26.2 Å². The van der Waals surface area contributed by atoms with Crippen LogP contribution in [0.25, 0.3) is 10.9 Å². The first-order chi connectivity index (χ1) is 10.2. The highest BCUT2D eigenvalue weighted by molar-refractivity contribution is 7.59. The number of unbranched alkanes of at least 4 members (excludes halogenated alkanes) is 1. The number of aliphatic hydroxyl groups is 1. The normalized spacial score (nSPS) is 11.8. The van der Waals surface area contributed by atoms with Crippen molar-refractivity contribution < 1.29 is 9.84 Å². The Morgan fingerprint density at radius 2 is 2.14 bits per heavy atom. The topological polar surface area (TPSA) is 93.3 Å². The molecule has 7 heteroatoms. The number of fused-ring (bicyclic) bond motifs is 1. The first-order valence-corrected chi connectivity index (χ1v) is 7.16. The fourth-order valence-corrected chi connectivity index (χ4v) is 2.22. The first kappa shape index (κ1) is 18.3. The molecule has 1 atom stereocenters. The van der Waals surface area contributed by atoms with Crippen molar-refractivity contribution in [3.05, 3.63) is 18.2 Å². The van der Waals surface area contributed by atoms with Gasteiger partial charge in [0.1, 0.15) is 11.6 Å². The molecule has 0 saturated carbocycles. The quantitative estimate of drug-likeness (QED) is 0.723. The molecule has 1 aromatic carbocycles. The number of hydrogen-bond donors (Lipinski definition) is 3. The highest BCUT2D eigenvalue weighted by atomic mass is 32.1. The molecule has 0 aliphatic rings. The maximum Gasteiger partial charge on any atom is 0.222 e. The second-order valence-corrected chi connectivity index (χ2v) is 4.98. The van der Waals surface area contributed by atoms with Gasteiger partial charge in [-0.25, -0.2) is 4.98 Å². The maximum absolute atomic E-state index is 9.49. The predicted octanol–water partition coefficient (Wildman–Crippen LogP) is 2.30. The zero-order chi connectivity index (χ0) is 15.2. The molecule has 0 bridgehead atoms. The molecule has 0 radical (unpaired) electrons. The van der Waals surface area contributed by atoms with Gasteiger partial charge in [-0.15, -0.1) is 0 Å². The lowest BCUT2D eigenvalue weighted by Gasteiger charge is -2.18. The summed E-state index contributed by atoms with van der Waals surface area (Å²) in [5.74, 6) is 1.57. The largest absolute Gasteiger partial charge is 0.497 e. The van der Waals surface area contributed by atoms with Crippen LogP contribution >= 0.6 is 13.5 Å². The van der Waals surface area contributed by atoms with E-state index in [9.17, 15) is 5.11 Å². The molecule has 22 heavy (non-hydrogen) atoms. The van der Waals surface area contributed by atoms with Crippen LogP contribution in [0.3, 0.4) is 0 Å². The molecule has 2 rings (SSSR count). The van der Waals surface area contributed by atoms with Gasteiger partial charge in [0.05, 0.1) is 25.3 Å². The van der Waals surface area contributed by atoms with Crippen molar-refractivity contribution in [3.63, 3.8) is 0 Å². The second kappa shape index (κ2) is 8.65. The summed E-state index contributed by atoms with van der Waals surface area (Å²) in [7, 11) is 1.62. The third-order valence-corrected chi connectivity index (χ3v) is 3.39. The Balaban J connectivity index is 0.00000242. The molecule has 0 unspecified atom stereocenters. The van der Waals surface area contributed by atoms with Gasteiger partial charge >= 0.3 is 0 Å². The standard InChI is InChI=1S/C15H22N4O2.H2S/c1-3-4-5-10(9-20)17-14-12-8-11(21-2)6-7-13(12)18-15(16)19-14;/h6-8,10,20H,3-5,9H2,1-2H3,(H3,16,17,18,19);1H2/t10-;/m0./s1. The van der Waals surface area contributed by atoms with Crippen LogP contribution in [0.5, 0.6) is 5.75 Å². The van der Waals surface area contributed by atoms with Crippen LogP contribution in [-0.2, 0) is 0 Å². The number of nitrogens with zero attached hydrogens (tertiary/aromatic N) is 2. The lowest BCUT2D eigenvalue weighted by Crippen LogP contribution is -2.24. The summed E-state index contributed by atoms with van der Waals surface area (Å²) >= 11 is 0. The molecule has 1 heterocycles. The van der Waals surface area contributed by atoms with Crippen LogP contribution in [0.4, 0.5) is 11.8 Å². The lowest BCUT2D eigenvalue weighted by molar-refractivity contribution is 0.267. The molecule has 0 amide bonds. The molecule has 0 aliphatic heterocycles. The number of anilines is 2. The van der Waals surface area contributed by atoms with Crippen molar-refractivity contribution in [2.45, 2.75) is 32.2 Å². The maximum atomic E-state index is 9.49. The Morgan fingerprint density at radius 3 is 2.77 bits per heavy atom. The molecule has 6 nitrogen and oxygen atoms in total. The van der Waals surface area contributed by atoms with Crippen LogP contribution < -0.4 is 15.8 Å². The van der Waals surface area contributed by atoms with E-state index in [0.717, 1.165) is 35.9 Å². The number of benzene rings is 1. The molecule has 122 valence electrons. The van der Waals surface area contributed by atoms with Gasteiger partial charge in [-0.1, -0.05) is 19.8 Å². The first-order valence-electron chi connectivity index (χ1n) is 7.16. The van der Waals surface area contributed by atoms with Gasteiger partial charge in [-0.2, -0.15) is 18.5 Å². The number of nitrogens with two attached hydrogens (primary N) is 1. The molecule has 0 spiro atoms. The average molecular weight is 324 g/mol. The summed E-state index contributed by atoms with van der Waals surface area (Å²) in [4.78, 5) is 8.48. The van der Waals surface area contributed by atoms with Gasteiger partial charge in [-0.05, 0) is 24.6 Å². The van der Waals surface area contributed by atoms with Crippen molar-refractivity contribution in [2.75, 3.05) is 24.8 Å². The van der Waals surface area contributed by atoms with Crippen LogP contribution in [-0.4, -0.2) is 34.8 Å². The fourth-order valence-electron chi connectivity index (χ4n) is 2.22. The Bertz CT molecular complexity index is 609. The van der Waals surface area contributed by atoms with E-state index >= 15 is 0 Å². The van der Waals surface area contributed by atoms with Gasteiger partial charge in [0.15, 0.2) is 0 Å². The summed E-state index contributed by atoms with van der Waals surface area (Å²) in [5.41, 5.74) is 6.50. The van der Waals surface area contributed by atoms with E-state index < -0.39 is 0 Å². The van der Waals surface area contributed by atoms with Gasteiger partial charge in [0.2, 0.25) is 5.95 Å². The number of nitrogens with one attached hydrogen (secondary N) is 1. The zero-order valence-corrected chi connectivity index (χ0v) is 14.0. The van der Waals surface area contributed by atoms with Crippen molar-refractivity contribution >= 4 is 36.2 Å². The number of nitrogen functional groups attached to an aromatic ring is 1. The summed E-state index contributed by atoms with van der Waals surface area (Å²) in [6, 6.07) is 5.50. The summed E-state index contributed by atoms with van der Waals surface area (Å²) < 4.78 is 5.24. The average Bonchev–Trinajstić information content (AvgIpc) is 2.50. The van der Waals surface area contributed by atoms with E-state index in [4.69, 9.17) is 10.5 Å². The number of ether oxygens (including phenoxy) is 1. The second-order valence-electron chi connectivity index (χ2n) is 4.98. The SMILES string of the molecule is CCCC[C@@H](CO)Nc1nc(N)nc2ccc(OC)cc12.S. The van der Waals surface area contributed by atoms with E-state index in [1.54, 1.807) is 7.11 Å². The number of methoxy groups -OCH3 is 1. The predicted molar refractivity (Wildman–Crippen MR) is 94.9 cm³/mol. The van der Waals surface area contributed by atoms with Crippen LogP contribution in [0.2, 0.25) is 0 Å². The monoisotopic (exact) mass is 324 g/mol. The van der Waals surface area contributed by atoms with Gasteiger partial charge in [0, 0.05) is 5.39 Å². The van der Waals surface area contributed by atoms with Crippen LogP contribution in [0.15, 0.2) is 18.2 Å². The minimum atomic E-state index is -0.0475. The van der Waals surface area contributed by atoms with Gasteiger partial charge in [0.25, 0.3) is 0 Å². The van der Waals surface area contributed by atoms with E-state index in [-0.39, 0.29) is 32.1 Å². The Hall–Kier alpha value is -1.73. The molecule has 2 aromatic rings. The highest BCUT2D eigenvalue weighted by Crippen LogP contribution is 2.26. The summed E-state index contributed by atoms with van der Waals surface area (Å²) in [5, 5.41) is 13.6. The fraction of sp³-hybridized carbons (Fsp3) is 0.467. The van der Waals surface area contributed by atoms with Gasteiger partial charge in [-0.3, -0.25) is 0 Å². The third-order valence-electron chi connectivity index (χ3n) is 3.39. The molecule has 1 aromatic heterocycles. The van der Waals surface area contributed by atoms with Crippen molar-refractivity contribution in [1.82, 2.24) is 9.97 Å². The van der Waals surface area contributed by atoms with Crippen molar-refractivity contribution in [1.29, 1.82) is 0 Å². The number of aromatic nitrogens is 2. The smallest absolute Gasteiger partial charge is 0.222 e. The summed E-state index contributed by atoms with van der Waals surface area (Å²) in [6.45, 7) is 2.17. The Kier molecular flexibility index (Phi) is 7.20. The molecular weight excluding hydrogens is 300 g/mol. The van der Waals surface area contributed by atoms with E-state index in [1.807, 2.05) is 18.2 Å². The number of aliphatic hydroxyl groups excluding tert-OH is 1. The third kappa shape index (κ3) is 4.38. The Labute approximate surface area is 137 Å². The lowest BCUT2D eigenvalue weighted by atomic mass is 10.1. The van der Waals surface area contributed by atoms with Gasteiger partial charge < -0.3 is 20.9 Å². The van der Waals surface area contributed by atoms with Crippen LogP contribution in [0, 0.1) is 0 Å². The molecule has 0 saturated heterocycles. The van der Waals surface area contributed by atoms with E-state index in [1.165, 1.54) is 0 Å². The minimum absolute atomic E-state index is 0. The molecule has 0 fully saturated rings. The number of rotatable bonds is 7. The Morgan fingerprint density at radius 1 is 1.36 bits per heavy atom. The number of hydrogen-bond acceptors (Lipinski definition) is 6. The molecular formula is C15H24N4O2S. The van der Waals surface area contributed by atoms with Crippen molar-refractivity contribution in [2.24, 2.45) is 0 Å². The molecule has 4 N–H and O–H groups in total. The van der Waals surface area contributed by atoms with Crippen molar-refractivity contribution in [3.8, 4) is 5.75 Å². The highest BCUT2D eigenvalue weighted by Gasteiger charge is 2.12. The summed E-state index contributed by atoms with van der Waals surface area (Å²) in [6.07, 6.45) is 3.00. The zero-order valence-electron chi connectivity index (χ0n) is 13.0. The van der Waals surface area contributed by atoms with E-state index in [0.29, 0.717) is 5.82 Å². The molecule has 0 aliphatic carbocycles. The minimum Gasteiger partial charge on any atom is -0.497 e.